The Morgan fingerprint density at radius 1 is 1.48 bits per heavy atom. The van der Waals surface area contributed by atoms with Crippen molar-refractivity contribution in [3.63, 3.8) is 0 Å². The molecule has 23 heavy (non-hydrogen) atoms. The number of nitro benzene ring substituents is 1. The van der Waals surface area contributed by atoms with Crippen LogP contribution >= 0.6 is 0 Å². The largest absolute Gasteiger partial charge is 0.379 e. The molecule has 0 aliphatic carbocycles. The molecule has 7 heteroatoms. The summed E-state index contributed by atoms with van der Waals surface area (Å²) >= 11 is 0. The first-order valence-corrected chi connectivity index (χ1v) is 8.11. The van der Waals surface area contributed by atoms with Gasteiger partial charge in [-0.05, 0) is 25.5 Å². The molecule has 2 N–H and O–H groups in total. The maximum Gasteiger partial charge on any atom is 0.292 e. The Bertz CT molecular complexity index is 544. The number of rotatable bonds is 8. The molecule has 126 valence electrons. The minimum Gasteiger partial charge on any atom is -0.379 e. The number of carbonyl (C=O) groups excluding carboxylic acids is 1. The molecule has 1 atom stereocenters. The van der Waals surface area contributed by atoms with E-state index in [4.69, 9.17) is 0 Å². The van der Waals surface area contributed by atoms with Gasteiger partial charge >= 0.3 is 0 Å². The number of carbonyl (C=O) groups is 1. The minimum absolute atomic E-state index is 0.0327. The number of hydrogen-bond donors (Lipinski definition) is 2. The Hall–Kier alpha value is -2.15. The number of nitrogens with zero attached hydrogens (tertiary/aromatic N) is 2. The quantitative estimate of drug-likeness (QED) is 0.565. The number of benzene rings is 1. The molecule has 1 amide bonds. The van der Waals surface area contributed by atoms with E-state index in [1.54, 1.807) is 18.2 Å². The van der Waals surface area contributed by atoms with Crippen molar-refractivity contribution in [1.82, 2.24) is 10.2 Å². The lowest BCUT2D eigenvalue weighted by Crippen LogP contribution is -2.42. The number of hydrogen-bond acceptors (Lipinski definition) is 5. The molecular formula is C16H24N4O3. The number of para-hydroxylation sites is 2. The molecule has 0 radical (unpaired) electrons. The van der Waals surface area contributed by atoms with Crippen molar-refractivity contribution in [2.75, 3.05) is 31.5 Å². The molecule has 1 fully saturated rings. The van der Waals surface area contributed by atoms with Crippen LogP contribution in [0, 0.1) is 10.1 Å². The zero-order valence-corrected chi connectivity index (χ0v) is 13.5. The second-order valence-electron chi connectivity index (χ2n) is 5.68. The average molecular weight is 320 g/mol. The molecule has 0 bridgehead atoms. The van der Waals surface area contributed by atoms with Gasteiger partial charge in [0.05, 0.1) is 4.92 Å². The van der Waals surface area contributed by atoms with Gasteiger partial charge in [0.15, 0.2) is 0 Å². The van der Waals surface area contributed by atoms with Crippen LogP contribution in [0.1, 0.15) is 26.2 Å². The van der Waals surface area contributed by atoms with Crippen molar-refractivity contribution in [2.45, 2.75) is 32.2 Å². The first-order chi connectivity index (χ1) is 11.1. The van der Waals surface area contributed by atoms with Crippen LogP contribution in [0.3, 0.4) is 0 Å². The fourth-order valence-corrected chi connectivity index (χ4v) is 2.89. The van der Waals surface area contributed by atoms with Crippen LogP contribution in [-0.2, 0) is 4.79 Å². The van der Waals surface area contributed by atoms with E-state index in [9.17, 15) is 14.9 Å². The zero-order chi connectivity index (χ0) is 16.7. The molecule has 1 aromatic carbocycles. The molecule has 0 aromatic heterocycles. The molecule has 2 rings (SSSR count). The van der Waals surface area contributed by atoms with Crippen LogP contribution in [0.5, 0.6) is 0 Å². The SMILES string of the molecule is CCCN(C(=O)CCNc1ccccc1[N+](=O)[O-])C1CCNC1. The van der Waals surface area contributed by atoms with Gasteiger partial charge in [0.2, 0.25) is 5.91 Å². The Kier molecular flexibility index (Phi) is 6.34. The predicted molar refractivity (Wildman–Crippen MR) is 89.5 cm³/mol. The normalized spacial score (nSPS) is 17.0. The lowest BCUT2D eigenvalue weighted by molar-refractivity contribution is -0.384. The summed E-state index contributed by atoms with van der Waals surface area (Å²) in [6, 6.07) is 6.76. The molecule has 1 aliphatic rings. The van der Waals surface area contributed by atoms with E-state index in [0.29, 0.717) is 18.7 Å². The van der Waals surface area contributed by atoms with Gasteiger partial charge in [-0.25, -0.2) is 0 Å². The summed E-state index contributed by atoms with van der Waals surface area (Å²) < 4.78 is 0. The van der Waals surface area contributed by atoms with Crippen molar-refractivity contribution in [2.24, 2.45) is 0 Å². The van der Waals surface area contributed by atoms with Gasteiger partial charge in [-0.15, -0.1) is 0 Å². The van der Waals surface area contributed by atoms with Crippen LogP contribution in [0.15, 0.2) is 24.3 Å². The maximum atomic E-state index is 12.5. The first kappa shape index (κ1) is 17.2. The number of nitrogens with one attached hydrogen (secondary N) is 2. The van der Waals surface area contributed by atoms with E-state index in [2.05, 4.69) is 17.6 Å². The summed E-state index contributed by atoms with van der Waals surface area (Å²) in [5.41, 5.74) is 0.486. The number of anilines is 1. The van der Waals surface area contributed by atoms with Crippen LogP contribution in [0.2, 0.25) is 0 Å². The summed E-state index contributed by atoms with van der Waals surface area (Å²) in [7, 11) is 0. The molecule has 1 saturated heterocycles. The summed E-state index contributed by atoms with van der Waals surface area (Å²) in [5, 5.41) is 17.3. The number of amides is 1. The molecule has 0 saturated carbocycles. The lowest BCUT2D eigenvalue weighted by atomic mass is 10.2. The van der Waals surface area contributed by atoms with Gasteiger partial charge in [0, 0.05) is 38.2 Å². The van der Waals surface area contributed by atoms with Crippen LogP contribution in [-0.4, -0.2) is 48.0 Å². The number of nitro groups is 1. The summed E-state index contributed by atoms with van der Waals surface area (Å²) in [6.07, 6.45) is 2.26. The van der Waals surface area contributed by atoms with Crippen LogP contribution in [0.4, 0.5) is 11.4 Å². The van der Waals surface area contributed by atoms with Gasteiger partial charge in [-0.2, -0.15) is 0 Å². The van der Waals surface area contributed by atoms with Gasteiger partial charge in [0.25, 0.3) is 5.69 Å². The average Bonchev–Trinajstić information content (AvgIpc) is 3.06. The molecule has 1 aliphatic heterocycles. The topological polar surface area (TPSA) is 87.5 Å². The highest BCUT2D eigenvalue weighted by molar-refractivity contribution is 5.77. The highest BCUT2D eigenvalue weighted by Crippen LogP contribution is 2.23. The molecule has 1 unspecified atom stereocenters. The fourth-order valence-electron chi connectivity index (χ4n) is 2.89. The maximum absolute atomic E-state index is 12.5. The van der Waals surface area contributed by atoms with Gasteiger partial charge in [0.1, 0.15) is 5.69 Å². The van der Waals surface area contributed by atoms with Crippen molar-refractivity contribution in [3.05, 3.63) is 34.4 Å². The molecule has 1 aromatic rings. The van der Waals surface area contributed by atoms with E-state index in [1.807, 2.05) is 4.90 Å². The van der Waals surface area contributed by atoms with E-state index in [1.165, 1.54) is 6.07 Å². The third-order valence-electron chi connectivity index (χ3n) is 4.01. The molecule has 1 heterocycles. The first-order valence-electron chi connectivity index (χ1n) is 8.11. The lowest BCUT2D eigenvalue weighted by Gasteiger charge is -2.28. The predicted octanol–water partition coefficient (Wildman–Crippen LogP) is 2.00. The summed E-state index contributed by atoms with van der Waals surface area (Å²) in [5.74, 6) is 0.103. The van der Waals surface area contributed by atoms with Crippen molar-refractivity contribution in [3.8, 4) is 0 Å². The highest BCUT2D eigenvalue weighted by atomic mass is 16.6. The van der Waals surface area contributed by atoms with E-state index >= 15 is 0 Å². The van der Waals surface area contributed by atoms with E-state index in [0.717, 1.165) is 32.5 Å². The third-order valence-corrected chi connectivity index (χ3v) is 4.01. The molecule has 0 spiro atoms. The van der Waals surface area contributed by atoms with Crippen LogP contribution < -0.4 is 10.6 Å². The van der Waals surface area contributed by atoms with E-state index in [-0.39, 0.29) is 17.6 Å². The van der Waals surface area contributed by atoms with Gasteiger partial charge in [-0.1, -0.05) is 19.1 Å². The molecule has 7 nitrogen and oxygen atoms in total. The monoisotopic (exact) mass is 320 g/mol. The van der Waals surface area contributed by atoms with Crippen molar-refractivity contribution < 1.29 is 9.72 Å². The minimum atomic E-state index is -0.419. The summed E-state index contributed by atoms with van der Waals surface area (Å²) in [6.45, 7) is 5.02. The Balaban J connectivity index is 1.89. The van der Waals surface area contributed by atoms with Crippen molar-refractivity contribution >= 4 is 17.3 Å². The summed E-state index contributed by atoms with van der Waals surface area (Å²) in [4.78, 5) is 24.9. The fraction of sp³-hybridized carbons (Fsp3) is 0.562. The standard InChI is InChI=1S/C16H24N4O3/c1-2-11-19(13-7-9-17-12-13)16(21)8-10-18-14-5-3-4-6-15(14)20(22)23/h3-6,13,17-18H,2,7-12H2,1H3. The second-order valence-corrected chi connectivity index (χ2v) is 5.68. The zero-order valence-electron chi connectivity index (χ0n) is 13.5. The van der Waals surface area contributed by atoms with Crippen LogP contribution in [0.25, 0.3) is 0 Å². The highest BCUT2D eigenvalue weighted by Gasteiger charge is 2.25. The Morgan fingerprint density at radius 2 is 2.26 bits per heavy atom. The Morgan fingerprint density at radius 3 is 2.91 bits per heavy atom. The second kappa shape index (κ2) is 8.47. The van der Waals surface area contributed by atoms with Gasteiger partial charge in [-0.3, -0.25) is 14.9 Å². The smallest absolute Gasteiger partial charge is 0.292 e. The van der Waals surface area contributed by atoms with Crippen molar-refractivity contribution in [1.29, 1.82) is 0 Å². The van der Waals surface area contributed by atoms with E-state index < -0.39 is 4.92 Å². The third kappa shape index (κ3) is 4.66. The Labute approximate surface area is 136 Å². The molecular weight excluding hydrogens is 296 g/mol. The van der Waals surface area contributed by atoms with Gasteiger partial charge < -0.3 is 15.5 Å².